The number of methoxy groups -OCH3 is 1. The van der Waals surface area contributed by atoms with Crippen molar-refractivity contribution in [2.75, 3.05) is 13.7 Å². The molecule has 0 spiro atoms. The molecule has 0 saturated carbocycles. The lowest BCUT2D eigenvalue weighted by atomic mass is 9.97. The van der Waals surface area contributed by atoms with Crippen LogP contribution in [0.25, 0.3) is 0 Å². The van der Waals surface area contributed by atoms with Crippen molar-refractivity contribution >= 4 is 5.97 Å². The molecule has 0 aliphatic carbocycles. The monoisotopic (exact) mass is 461 g/mol. The Morgan fingerprint density at radius 3 is 2.09 bits per heavy atom. The summed E-state index contributed by atoms with van der Waals surface area (Å²) < 4.78 is 26.3. The van der Waals surface area contributed by atoms with E-state index in [0.717, 1.165) is 0 Å². The summed E-state index contributed by atoms with van der Waals surface area (Å²) in [6.07, 6.45) is -17.6. The van der Waals surface area contributed by atoms with Gasteiger partial charge < -0.3 is 64.2 Å². The number of rotatable bonds is 7. The van der Waals surface area contributed by atoms with Gasteiger partial charge in [0.2, 0.25) is 6.29 Å². The van der Waals surface area contributed by atoms with E-state index in [1.54, 1.807) is 12.1 Å². The van der Waals surface area contributed by atoms with Gasteiger partial charge in [0, 0.05) is 0 Å². The van der Waals surface area contributed by atoms with Gasteiger partial charge in [0.1, 0.15) is 60.3 Å². The maximum Gasteiger partial charge on any atom is 0.229 e. The predicted octanol–water partition coefficient (Wildman–Crippen LogP) is -4.54. The van der Waals surface area contributed by atoms with Crippen LogP contribution >= 0.6 is 0 Å². The molecule has 0 bridgehead atoms. The zero-order chi connectivity index (χ0) is 23.6. The highest BCUT2D eigenvalue weighted by Crippen LogP contribution is 2.30. The summed E-state index contributed by atoms with van der Waals surface area (Å²) in [5, 5.41) is 71.6. The minimum atomic E-state index is -2.05. The summed E-state index contributed by atoms with van der Waals surface area (Å²) in [7, 11) is 1.47. The molecule has 0 radical (unpaired) electrons. The van der Waals surface area contributed by atoms with Crippen molar-refractivity contribution in [1.29, 1.82) is 0 Å². The van der Waals surface area contributed by atoms with Gasteiger partial charge in [-0.2, -0.15) is 0 Å². The van der Waals surface area contributed by atoms with Crippen molar-refractivity contribution in [2.45, 2.75) is 61.4 Å². The van der Waals surface area contributed by atoms with Crippen LogP contribution in [0, 0.1) is 0 Å². The Morgan fingerprint density at radius 1 is 0.906 bits per heavy atom. The maximum absolute atomic E-state index is 11.2. The highest BCUT2D eigenvalue weighted by molar-refractivity contribution is 5.71. The van der Waals surface area contributed by atoms with Crippen LogP contribution in [-0.4, -0.2) is 112 Å². The molecule has 2 fully saturated rings. The van der Waals surface area contributed by atoms with E-state index in [4.69, 9.17) is 23.7 Å². The van der Waals surface area contributed by atoms with Gasteiger partial charge in [0.05, 0.1) is 19.7 Å². The summed E-state index contributed by atoms with van der Waals surface area (Å²) in [5.41, 5.74) is 0. The molecule has 1 aromatic carbocycles. The molecule has 0 unspecified atom stereocenters. The van der Waals surface area contributed by atoms with Crippen molar-refractivity contribution in [3.8, 4) is 11.5 Å². The molecule has 13 heteroatoms. The van der Waals surface area contributed by atoms with Crippen LogP contribution in [0.2, 0.25) is 0 Å². The van der Waals surface area contributed by atoms with Gasteiger partial charge in [-0.1, -0.05) is 0 Å². The summed E-state index contributed by atoms with van der Waals surface area (Å²) >= 11 is 0. The van der Waals surface area contributed by atoms with Crippen LogP contribution in [-0.2, 0) is 19.0 Å². The molecular weight excluding hydrogens is 436 g/mol. The average Bonchev–Trinajstić information content (AvgIpc) is 2.78. The molecule has 2 heterocycles. The number of benzene rings is 1. The van der Waals surface area contributed by atoms with Gasteiger partial charge in [-0.25, -0.2) is 0 Å². The third-order valence-corrected chi connectivity index (χ3v) is 5.23. The third-order valence-electron chi connectivity index (χ3n) is 5.23. The van der Waals surface area contributed by atoms with Gasteiger partial charge >= 0.3 is 0 Å². The standard InChI is InChI=1S/C19H26O13/c1-28-7-2-4-8(5-3-7)29-19-14(25)15(10(21)9(6-20)30-19)31-18-13(24)11(22)12(23)16(32-18)17(26)27/h2-5,9-16,18-25H,6H2,1H3,(H,26,27)/p-1/t9-,10+,11+,12+,13-,14-,15+,16+,18-,19-/m1/s1. The molecule has 3 rings (SSSR count). The van der Waals surface area contributed by atoms with Crippen LogP contribution in [0.15, 0.2) is 24.3 Å². The van der Waals surface area contributed by atoms with Gasteiger partial charge in [-0.05, 0) is 24.3 Å². The zero-order valence-corrected chi connectivity index (χ0v) is 16.8. The van der Waals surface area contributed by atoms with E-state index in [2.05, 4.69) is 0 Å². The third kappa shape index (κ3) is 4.96. The van der Waals surface area contributed by atoms with Crippen LogP contribution in [0.1, 0.15) is 0 Å². The lowest BCUT2D eigenvalue weighted by Gasteiger charge is -2.46. The highest BCUT2D eigenvalue weighted by atomic mass is 16.7. The van der Waals surface area contributed by atoms with Gasteiger partial charge in [0.15, 0.2) is 6.29 Å². The SMILES string of the molecule is COc1ccc(O[C@@H]2O[C@H](CO)[C@H](O)[C@H](O[C@@H]3O[C@H](C(=O)[O-])[C@@H](O)[C@H](O)[C@H]3O)[C@H]2O)cc1. The average molecular weight is 461 g/mol. The number of ether oxygens (including phenoxy) is 5. The second-order valence-corrected chi connectivity index (χ2v) is 7.32. The van der Waals surface area contributed by atoms with Crippen LogP contribution in [0.5, 0.6) is 11.5 Å². The number of carboxylic acid groups (broad SMARTS) is 1. The summed E-state index contributed by atoms with van der Waals surface area (Å²) in [5.74, 6) is -1.09. The summed E-state index contributed by atoms with van der Waals surface area (Å²) in [6.45, 7) is -0.701. The smallest absolute Gasteiger partial charge is 0.229 e. The molecule has 10 atom stereocenters. The number of carbonyl (C=O) groups is 1. The fourth-order valence-corrected chi connectivity index (χ4v) is 3.41. The number of carboxylic acids is 1. The molecule has 2 aliphatic rings. The minimum Gasteiger partial charge on any atom is -0.547 e. The molecule has 13 nitrogen and oxygen atoms in total. The second-order valence-electron chi connectivity index (χ2n) is 7.32. The maximum atomic E-state index is 11.2. The largest absolute Gasteiger partial charge is 0.547 e. The van der Waals surface area contributed by atoms with Crippen LogP contribution in [0.3, 0.4) is 0 Å². The van der Waals surface area contributed by atoms with Gasteiger partial charge in [0.25, 0.3) is 0 Å². The Kier molecular flexibility index (Phi) is 7.87. The van der Waals surface area contributed by atoms with E-state index in [9.17, 15) is 40.5 Å². The van der Waals surface area contributed by atoms with Crippen molar-refractivity contribution in [3.63, 3.8) is 0 Å². The van der Waals surface area contributed by atoms with E-state index >= 15 is 0 Å². The first kappa shape index (κ1) is 24.6. The molecule has 0 aromatic heterocycles. The zero-order valence-electron chi connectivity index (χ0n) is 16.8. The Hall–Kier alpha value is -2.07. The first-order valence-electron chi connectivity index (χ1n) is 9.67. The summed E-state index contributed by atoms with van der Waals surface area (Å²) in [6, 6.07) is 6.19. The van der Waals surface area contributed by atoms with Crippen LogP contribution in [0.4, 0.5) is 0 Å². The Labute approximate surface area is 181 Å². The number of hydrogen-bond acceptors (Lipinski definition) is 13. The first-order chi connectivity index (χ1) is 15.2. The second kappa shape index (κ2) is 10.2. The van der Waals surface area contributed by atoms with Crippen molar-refractivity contribution < 1.29 is 64.2 Å². The molecule has 1 aromatic rings. The molecule has 6 N–H and O–H groups in total. The number of carbonyl (C=O) groups excluding carboxylic acids is 1. The Bertz CT molecular complexity index is 758. The van der Waals surface area contributed by atoms with Crippen molar-refractivity contribution in [1.82, 2.24) is 0 Å². The molecular formula is C19H25O13-. The molecule has 2 saturated heterocycles. The first-order valence-corrected chi connectivity index (χ1v) is 9.67. The molecule has 32 heavy (non-hydrogen) atoms. The topological polar surface area (TPSA) is 208 Å². The lowest BCUT2D eigenvalue weighted by molar-refractivity contribution is -0.369. The summed E-state index contributed by atoms with van der Waals surface area (Å²) in [4.78, 5) is 11.2. The number of aliphatic hydroxyl groups excluding tert-OH is 6. The van der Waals surface area contributed by atoms with E-state index in [0.29, 0.717) is 5.75 Å². The molecule has 180 valence electrons. The number of aliphatic hydroxyl groups is 6. The number of aliphatic carboxylic acids is 1. The fourth-order valence-electron chi connectivity index (χ4n) is 3.41. The molecule has 2 aliphatic heterocycles. The van der Waals surface area contributed by atoms with Gasteiger partial charge in [-0.15, -0.1) is 0 Å². The lowest BCUT2D eigenvalue weighted by Crippen LogP contribution is -2.66. The fraction of sp³-hybridized carbons (Fsp3) is 0.632. The molecule has 0 amide bonds. The quantitative estimate of drug-likeness (QED) is 0.226. The van der Waals surface area contributed by atoms with Gasteiger partial charge in [-0.3, -0.25) is 0 Å². The predicted molar refractivity (Wildman–Crippen MR) is 97.9 cm³/mol. The van der Waals surface area contributed by atoms with E-state index in [1.165, 1.54) is 19.2 Å². The normalized spacial score (nSPS) is 40.0. The Balaban J connectivity index is 1.77. The van der Waals surface area contributed by atoms with E-state index in [1.807, 2.05) is 0 Å². The minimum absolute atomic E-state index is 0.242. The highest BCUT2D eigenvalue weighted by Gasteiger charge is 2.51. The Morgan fingerprint density at radius 2 is 1.53 bits per heavy atom. The van der Waals surface area contributed by atoms with Crippen LogP contribution < -0.4 is 14.6 Å². The van der Waals surface area contributed by atoms with E-state index in [-0.39, 0.29) is 5.75 Å². The van der Waals surface area contributed by atoms with E-state index < -0.39 is 74.0 Å². The van der Waals surface area contributed by atoms with Crippen molar-refractivity contribution in [2.24, 2.45) is 0 Å². The van der Waals surface area contributed by atoms with Crippen molar-refractivity contribution in [3.05, 3.63) is 24.3 Å². The number of hydrogen-bond donors (Lipinski definition) is 6.